The smallest absolute Gasteiger partial charge is 0.323 e. The molecule has 88 valence electrons. The Bertz CT molecular complexity index is 326. The fraction of sp³-hybridized carbons (Fsp3) is 0.417. The minimum Gasteiger partial charge on any atom is -0.480 e. The first-order valence-electron chi connectivity index (χ1n) is 5.20. The molecule has 0 spiro atoms. The van der Waals surface area contributed by atoms with Gasteiger partial charge in [-0.05, 0) is 19.5 Å². The third kappa shape index (κ3) is 3.64. The maximum Gasteiger partial charge on any atom is 0.323 e. The third-order valence-electron chi connectivity index (χ3n) is 2.40. The first-order chi connectivity index (χ1) is 7.65. The van der Waals surface area contributed by atoms with E-state index in [1.54, 1.807) is 14.0 Å². The molecule has 1 rings (SSSR count). The van der Waals surface area contributed by atoms with Crippen LogP contribution < -0.4 is 5.32 Å². The Balaban J connectivity index is 2.46. The molecule has 0 saturated heterocycles. The maximum atomic E-state index is 10.8. The Hall–Kier alpha value is -1.39. The highest BCUT2D eigenvalue weighted by molar-refractivity contribution is 5.74. The first kappa shape index (κ1) is 12.7. The van der Waals surface area contributed by atoms with Gasteiger partial charge in [-0.25, -0.2) is 0 Å². The first-order valence-corrected chi connectivity index (χ1v) is 5.20. The Kier molecular flexibility index (Phi) is 4.95. The second-order valence-corrected chi connectivity index (χ2v) is 3.61. The Labute approximate surface area is 95.2 Å². The average Bonchev–Trinajstić information content (AvgIpc) is 2.28. The topological polar surface area (TPSA) is 58.6 Å². The number of hydrogen-bond donors (Lipinski definition) is 2. The van der Waals surface area contributed by atoms with E-state index in [-0.39, 0.29) is 6.10 Å². The molecule has 0 aliphatic rings. The lowest BCUT2D eigenvalue weighted by molar-refractivity contribution is -0.143. The zero-order valence-corrected chi connectivity index (χ0v) is 9.51. The van der Waals surface area contributed by atoms with Gasteiger partial charge in [-0.3, -0.25) is 4.79 Å². The number of carboxylic acids is 1. The molecule has 0 aromatic heterocycles. The van der Waals surface area contributed by atoms with Crippen molar-refractivity contribution >= 4 is 5.97 Å². The van der Waals surface area contributed by atoms with Gasteiger partial charge in [-0.15, -0.1) is 0 Å². The molecular formula is C12H17NO3. The van der Waals surface area contributed by atoms with Crippen molar-refractivity contribution < 1.29 is 14.6 Å². The van der Waals surface area contributed by atoms with E-state index in [0.29, 0.717) is 6.61 Å². The molecule has 0 radical (unpaired) electrons. The monoisotopic (exact) mass is 223 g/mol. The number of hydrogen-bond acceptors (Lipinski definition) is 3. The highest BCUT2D eigenvalue weighted by atomic mass is 16.5. The van der Waals surface area contributed by atoms with Crippen LogP contribution in [0.3, 0.4) is 0 Å². The number of rotatable bonds is 6. The molecule has 0 fully saturated rings. The Morgan fingerprint density at radius 2 is 2.06 bits per heavy atom. The number of carboxylic acid groups (broad SMARTS) is 1. The number of carbonyl (C=O) groups is 1. The fourth-order valence-corrected chi connectivity index (χ4v) is 1.46. The summed E-state index contributed by atoms with van der Waals surface area (Å²) in [5, 5.41) is 11.6. The van der Waals surface area contributed by atoms with E-state index in [9.17, 15) is 4.79 Å². The molecule has 0 saturated carbocycles. The van der Waals surface area contributed by atoms with Crippen molar-refractivity contribution in [2.45, 2.75) is 25.7 Å². The van der Waals surface area contributed by atoms with Gasteiger partial charge in [0.1, 0.15) is 6.04 Å². The summed E-state index contributed by atoms with van der Waals surface area (Å²) in [5.41, 5.74) is 1.04. The van der Waals surface area contributed by atoms with Crippen molar-refractivity contribution in [2.75, 3.05) is 7.05 Å². The summed E-state index contributed by atoms with van der Waals surface area (Å²) in [5.74, 6) is -0.900. The average molecular weight is 223 g/mol. The minimum absolute atomic E-state index is 0.372. The predicted octanol–water partition coefficient (Wildman–Crippen LogP) is 1.26. The van der Waals surface area contributed by atoms with Gasteiger partial charge in [0.2, 0.25) is 0 Å². The minimum atomic E-state index is -0.900. The summed E-state index contributed by atoms with van der Waals surface area (Å²) in [6, 6.07) is 9.00. The number of aliphatic carboxylic acids is 1. The van der Waals surface area contributed by atoms with E-state index in [4.69, 9.17) is 9.84 Å². The van der Waals surface area contributed by atoms with E-state index >= 15 is 0 Å². The van der Waals surface area contributed by atoms with Crippen LogP contribution in [0, 0.1) is 0 Å². The second kappa shape index (κ2) is 6.25. The van der Waals surface area contributed by atoms with Crippen molar-refractivity contribution in [3.05, 3.63) is 35.9 Å². The maximum absolute atomic E-state index is 10.8. The molecule has 0 aliphatic heterocycles. The lowest BCUT2D eigenvalue weighted by Crippen LogP contribution is -2.43. The number of ether oxygens (including phenoxy) is 1. The van der Waals surface area contributed by atoms with Crippen LogP contribution in [0.5, 0.6) is 0 Å². The summed E-state index contributed by atoms with van der Waals surface area (Å²) in [6.07, 6.45) is -0.372. The number of benzene rings is 1. The van der Waals surface area contributed by atoms with Crippen LogP contribution in [0.25, 0.3) is 0 Å². The van der Waals surface area contributed by atoms with Crippen LogP contribution in [0.4, 0.5) is 0 Å². The van der Waals surface area contributed by atoms with Crippen LogP contribution in [0.15, 0.2) is 30.3 Å². The van der Waals surface area contributed by atoms with Crippen molar-refractivity contribution in [1.29, 1.82) is 0 Å². The molecular weight excluding hydrogens is 206 g/mol. The molecule has 0 amide bonds. The molecule has 1 aromatic rings. The zero-order chi connectivity index (χ0) is 12.0. The normalized spacial score (nSPS) is 14.4. The van der Waals surface area contributed by atoms with E-state index < -0.39 is 12.0 Å². The van der Waals surface area contributed by atoms with Crippen molar-refractivity contribution in [1.82, 2.24) is 5.32 Å². The van der Waals surface area contributed by atoms with Crippen LogP contribution in [0.1, 0.15) is 12.5 Å². The predicted molar refractivity (Wildman–Crippen MR) is 61.2 cm³/mol. The van der Waals surface area contributed by atoms with Gasteiger partial charge in [0.15, 0.2) is 0 Å². The standard InChI is InChI=1S/C12H17NO3/c1-9(11(13-2)12(14)15)16-8-10-6-4-3-5-7-10/h3-7,9,11,13H,8H2,1-2H3,(H,14,15)/t9-,11-/m0/s1. The van der Waals surface area contributed by atoms with Crippen LogP contribution in [-0.4, -0.2) is 30.3 Å². The zero-order valence-electron chi connectivity index (χ0n) is 9.51. The quantitative estimate of drug-likeness (QED) is 0.762. The largest absolute Gasteiger partial charge is 0.480 e. The molecule has 16 heavy (non-hydrogen) atoms. The molecule has 2 N–H and O–H groups in total. The third-order valence-corrected chi connectivity index (χ3v) is 2.40. The lowest BCUT2D eigenvalue weighted by Gasteiger charge is -2.20. The van der Waals surface area contributed by atoms with E-state index in [1.165, 1.54) is 0 Å². The molecule has 0 heterocycles. The van der Waals surface area contributed by atoms with Gasteiger partial charge in [0.05, 0.1) is 12.7 Å². The Morgan fingerprint density at radius 1 is 1.44 bits per heavy atom. The van der Waals surface area contributed by atoms with Gasteiger partial charge in [-0.1, -0.05) is 30.3 Å². The van der Waals surface area contributed by atoms with Gasteiger partial charge in [-0.2, -0.15) is 0 Å². The van der Waals surface area contributed by atoms with E-state index in [0.717, 1.165) is 5.56 Å². The van der Waals surface area contributed by atoms with Crippen LogP contribution in [0.2, 0.25) is 0 Å². The molecule has 0 aliphatic carbocycles. The van der Waals surface area contributed by atoms with Gasteiger partial charge >= 0.3 is 5.97 Å². The molecule has 4 heteroatoms. The van der Waals surface area contributed by atoms with Gasteiger partial charge in [0, 0.05) is 0 Å². The molecule has 0 unspecified atom stereocenters. The van der Waals surface area contributed by atoms with Crippen LogP contribution in [-0.2, 0) is 16.1 Å². The summed E-state index contributed by atoms with van der Waals surface area (Å²) in [6.45, 7) is 2.17. The second-order valence-electron chi connectivity index (χ2n) is 3.61. The van der Waals surface area contributed by atoms with Gasteiger partial charge in [0.25, 0.3) is 0 Å². The molecule has 2 atom stereocenters. The summed E-state index contributed by atoms with van der Waals surface area (Å²) in [4.78, 5) is 10.8. The molecule has 4 nitrogen and oxygen atoms in total. The van der Waals surface area contributed by atoms with Gasteiger partial charge < -0.3 is 15.2 Å². The fourth-order valence-electron chi connectivity index (χ4n) is 1.46. The summed E-state index contributed by atoms with van der Waals surface area (Å²) in [7, 11) is 1.61. The van der Waals surface area contributed by atoms with Crippen molar-refractivity contribution in [3.63, 3.8) is 0 Å². The number of nitrogens with one attached hydrogen (secondary N) is 1. The Morgan fingerprint density at radius 3 is 2.56 bits per heavy atom. The molecule has 1 aromatic carbocycles. The van der Waals surface area contributed by atoms with Crippen molar-refractivity contribution in [2.24, 2.45) is 0 Å². The van der Waals surface area contributed by atoms with E-state index in [2.05, 4.69) is 5.32 Å². The highest BCUT2D eigenvalue weighted by Gasteiger charge is 2.23. The van der Waals surface area contributed by atoms with Crippen LogP contribution >= 0.6 is 0 Å². The lowest BCUT2D eigenvalue weighted by atomic mass is 10.2. The number of likely N-dealkylation sites (N-methyl/N-ethyl adjacent to an activating group) is 1. The molecule has 0 bridgehead atoms. The van der Waals surface area contributed by atoms with E-state index in [1.807, 2.05) is 30.3 Å². The summed E-state index contributed by atoms with van der Waals surface area (Å²) < 4.78 is 5.50. The summed E-state index contributed by atoms with van der Waals surface area (Å²) >= 11 is 0. The SMILES string of the molecule is CN[C@H](C(=O)O)[C@H](C)OCc1ccccc1. The highest BCUT2D eigenvalue weighted by Crippen LogP contribution is 2.06. The van der Waals surface area contributed by atoms with Crippen molar-refractivity contribution in [3.8, 4) is 0 Å².